The number of anilines is 1. The number of carbonyl (C=O) groups excluding carboxylic acids is 1. The Morgan fingerprint density at radius 1 is 1.00 bits per heavy atom. The van der Waals surface area contributed by atoms with E-state index in [-0.39, 0.29) is 24.2 Å². The Labute approximate surface area is 210 Å². The maximum atomic E-state index is 14.5. The van der Waals surface area contributed by atoms with Crippen molar-refractivity contribution in [1.82, 2.24) is 9.62 Å². The maximum absolute atomic E-state index is 14.5. The fourth-order valence-electron chi connectivity index (χ4n) is 3.76. The number of ether oxygens (including phenoxy) is 2. The van der Waals surface area contributed by atoms with Gasteiger partial charge in [0.1, 0.15) is 19.0 Å². The van der Waals surface area contributed by atoms with Crippen molar-refractivity contribution in [3.63, 3.8) is 0 Å². The summed E-state index contributed by atoms with van der Waals surface area (Å²) in [6.45, 7) is 2.76. The van der Waals surface area contributed by atoms with E-state index in [2.05, 4.69) is 5.32 Å². The third kappa shape index (κ3) is 5.44. The normalized spacial score (nSPS) is 13.8. The zero-order chi connectivity index (χ0) is 25.9. The Kier molecular flexibility index (Phi) is 7.46. The van der Waals surface area contributed by atoms with E-state index in [9.17, 15) is 17.6 Å². The minimum Gasteiger partial charge on any atom is -0.486 e. The van der Waals surface area contributed by atoms with E-state index in [0.717, 1.165) is 14.2 Å². The fraction of sp³-hybridized carbons (Fsp3) is 0.269. The highest BCUT2D eigenvalue weighted by Gasteiger charge is 2.27. The van der Waals surface area contributed by atoms with Gasteiger partial charge < -0.3 is 14.8 Å². The summed E-state index contributed by atoms with van der Waals surface area (Å²) in [6.07, 6.45) is 0. The number of fused-ring (bicyclic) bond motifs is 1. The number of benzene rings is 3. The number of hydrogen-bond acceptors (Lipinski definition) is 5. The number of hydrogen-bond donors (Lipinski definition) is 1. The molecule has 4 rings (SSSR count). The molecule has 1 aliphatic rings. The lowest BCUT2D eigenvalue weighted by Crippen LogP contribution is -2.40. The first-order valence-corrected chi connectivity index (χ1v) is 12.8. The number of halogens is 1. The van der Waals surface area contributed by atoms with Gasteiger partial charge in [0.2, 0.25) is 0 Å². The summed E-state index contributed by atoms with van der Waals surface area (Å²) >= 11 is 0. The molecule has 1 aliphatic heterocycles. The number of amides is 1. The van der Waals surface area contributed by atoms with E-state index < -0.39 is 16.0 Å². The third-order valence-corrected chi connectivity index (χ3v) is 7.62. The van der Waals surface area contributed by atoms with Gasteiger partial charge in [-0.1, -0.05) is 30.3 Å². The molecule has 1 atom stereocenters. The van der Waals surface area contributed by atoms with Gasteiger partial charge in [0.15, 0.2) is 11.5 Å². The molecule has 0 saturated carbocycles. The standard InChI is InChI=1S/C26H28FN3O5S/c1-18(21-12-13-24-25(16-21)35-15-14-34-24)28-26(31)20-10-8-19(9-11-20)17-30(36(32,33)29(2)3)23-7-5-4-6-22(23)27/h4-13,16,18H,14-15,17H2,1-3H3,(H,28,31)/t18-/m1/s1. The Bertz CT molecular complexity index is 1350. The molecule has 0 radical (unpaired) electrons. The first-order valence-electron chi connectivity index (χ1n) is 11.4. The molecular formula is C26H28FN3O5S. The first-order chi connectivity index (χ1) is 17.2. The molecule has 0 aromatic heterocycles. The van der Waals surface area contributed by atoms with Crippen molar-refractivity contribution in [3.8, 4) is 11.5 Å². The summed E-state index contributed by atoms with van der Waals surface area (Å²) in [5.74, 6) is 0.402. The van der Waals surface area contributed by atoms with Gasteiger partial charge in [-0.05, 0) is 54.4 Å². The smallest absolute Gasteiger partial charge is 0.303 e. The Hall–Kier alpha value is -3.63. The molecule has 1 N–H and O–H groups in total. The third-order valence-electron chi connectivity index (χ3n) is 5.82. The quantitative estimate of drug-likeness (QED) is 0.494. The second-order valence-corrected chi connectivity index (χ2v) is 10.6. The van der Waals surface area contributed by atoms with E-state index in [4.69, 9.17) is 9.47 Å². The Morgan fingerprint density at radius 3 is 2.33 bits per heavy atom. The highest BCUT2D eigenvalue weighted by molar-refractivity contribution is 7.90. The largest absolute Gasteiger partial charge is 0.486 e. The molecule has 3 aromatic rings. The molecule has 0 saturated heterocycles. The number of nitrogens with zero attached hydrogens (tertiary/aromatic N) is 2. The number of rotatable bonds is 8. The lowest BCUT2D eigenvalue weighted by molar-refractivity contribution is 0.0939. The molecule has 0 spiro atoms. The highest BCUT2D eigenvalue weighted by atomic mass is 32.2. The molecule has 190 valence electrons. The summed E-state index contributed by atoms with van der Waals surface area (Å²) in [5.41, 5.74) is 1.83. The van der Waals surface area contributed by atoms with Crippen LogP contribution >= 0.6 is 0 Å². The molecule has 8 nitrogen and oxygen atoms in total. The van der Waals surface area contributed by atoms with Gasteiger partial charge in [-0.15, -0.1) is 0 Å². The lowest BCUT2D eigenvalue weighted by atomic mass is 10.1. The molecule has 0 aliphatic carbocycles. The van der Waals surface area contributed by atoms with E-state index in [1.807, 2.05) is 25.1 Å². The minimum absolute atomic E-state index is 0.0544. The van der Waals surface area contributed by atoms with Crippen molar-refractivity contribution in [2.75, 3.05) is 31.6 Å². The maximum Gasteiger partial charge on any atom is 0.303 e. The Morgan fingerprint density at radius 2 is 1.67 bits per heavy atom. The van der Waals surface area contributed by atoms with E-state index >= 15 is 0 Å². The second-order valence-electron chi connectivity index (χ2n) is 8.54. The van der Waals surface area contributed by atoms with Crippen LogP contribution in [0.1, 0.15) is 34.5 Å². The first kappa shape index (κ1) is 25.5. The number of para-hydroxylation sites is 1. The average Bonchev–Trinajstić information content (AvgIpc) is 2.87. The van der Waals surface area contributed by atoms with Crippen LogP contribution in [0.3, 0.4) is 0 Å². The molecule has 0 fully saturated rings. The van der Waals surface area contributed by atoms with E-state index in [1.54, 1.807) is 30.3 Å². The molecular weight excluding hydrogens is 485 g/mol. The molecule has 36 heavy (non-hydrogen) atoms. The van der Waals surface area contributed by atoms with Crippen LogP contribution in [0, 0.1) is 5.82 Å². The molecule has 1 heterocycles. The van der Waals surface area contributed by atoms with Gasteiger partial charge in [-0.2, -0.15) is 12.7 Å². The summed E-state index contributed by atoms with van der Waals surface area (Å²) in [5, 5.41) is 2.95. The monoisotopic (exact) mass is 513 g/mol. The predicted octanol–water partition coefficient (Wildman–Crippen LogP) is 3.90. The van der Waals surface area contributed by atoms with Crippen molar-refractivity contribution in [2.45, 2.75) is 19.5 Å². The lowest BCUT2D eigenvalue weighted by Gasteiger charge is -2.27. The van der Waals surface area contributed by atoms with E-state index in [0.29, 0.717) is 35.8 Å². The Balaban J connectivity index is 1.48. The van der Waals surface area contributed by atoms with Crippen molar-refractivity contribution in [3.05, 3.63) is 89.2 Å². The molecule has 10 heteroatoms. The van der Waals surface area contributed by atoms with Crippen LogP contribution in [0.2, 0.25) is 0 Å². The second kappa shape index (κ2) is 10.5. The molecule has 0 bridgehead atoms. The van der Waals surface area contributed by atoms with Crippen molar-refractivity contribution in [2.24, 2.45) is 0 Å². The van der Waals surface area contributed by atoms with Crippen LogP contribution in [-0.4, -0.2) is 45.9 Å². The van der Waals surface area contributed by atoms with Crippen LogP contribution in [0.4, 0.5) is 10.1 Å². The van der Waals surface area contributed by atoms with Crippen LogP contribution in [-0.2, 0) is 16.8 Å². The SMILES string of the molecule is C[C@@H](NC(=O)c1ccc(CN(c2ccccc2F)S(=O)(=O)N(C)C)cc1)c1ccc2c(c1)OCCO2. The summed E-state index contributed by atoms with van der Waals surface area (Å²) < 4.78 is 53.5. The van der Waals surface area contributed by atoms with Gasteiger partial charge in [0.25, 0.3) is 5.91 Å². The van der Waals surface area contributed by atoms with Gasteiger partial charge >= 0.3 is 10.2 Å². The average molecular weight is 514 g/mol. The van der Waals surface area contributed by atoms with Gasteiger partial charge in [0, 0.05) is 19.7 Å². The van der Waals surface area contributed by atoms with Crippen LogP contribution in [0.15, 0.2) is 66.7 Å². The molecule has 0 unspecified atom stereocenters. The number of nitrogens with one attached hydrogen (secondary N) is 1. The van der Waals surface area contributed by atoms with Gasteiger partial charge in [0.05, 0.1) is 18.3 Å². The fourth-order valence-corrected chi connectivity index (χ4v) is 4.87. The minimum atomic E-state index is -3.96. The summed E-state index contributed by atoms with van der Waals surface area (Å²) in [7, 11) is -1.19. The molecule has 1 amide bonds. The van der Waals surface area contributed by atoms with Crippen molar-refractivity contribution >= 4 is 21.8 Å². The van der Waals surface area contributed by atoms with Crippen molar-refractivity contribution < 1.29 is 27.1 Å². The van der Waals surface area contributed by atoms with E-state index in [1.165, 1.54) is 32.3 Å². The van der Waals surface area contributed by atoms with Crippen LogP contribution in [0.5, 0.6) is 11.5 Å². The summed E-state index contributed by atoms with van der Waals surface area (Å²) in [4.78, 5) is 12.8. The van der Waals surface area contributed by atoms with Crippen molar-refractivity contribution in [1.29, 1.82) is 0 Å². The highest BCUT2D eigenvalue weighted by Crippen LogP contribution is 2.32. The zero-order valence-electron chi connectivity index (χ0n) is 20.3. The predicted molar refractivity (Wildman–Crippen MR) is 135 cm³/mol. The topological polar surface area (TPSA) is 88.2 Å². The molecule has 3 aromatic carbocycles. The zero-order valence-corrected chi connectivity index (χ0v) is 21.1. The number of carbonyl (C=O) groups is 1. The van der Waals surface area contributed by atoms with Gasteiger partial charge in [-0.25, -0.2) is 4.39 Å². The van der Waals surface area contributed by atoms with Crippen LogP contribution in [0.25, 0.3) is 0 Å². The van der Waals surface area contributed by atoms with Gasteiger partial charge in [-0.3, -0.25) is 9.10 Å². The van der Waals surface area contributed by atoms with Crippen LogP contribution < -0.4 is 19.1 Å². The summed E-state index contributed by atoms with van der Waals surface area (Å²) in [6, 6.07) is 17.5.